The Labute approximate surface area is 171 Å². The smallest absolute Gasteiger partial charge is 0.349 e. The van der Waals surface area contributed by atoms with Gasteiger partial charge in [-0.1, -0.05) is 23.7 Å². The van der Waals surface area contributed by atoms with E-state index in [2.05, 4.69) is 5.32 Å². The van der Waals surface area contributed by atoms with Gasteiger partial charge in [-0.25, -0.2) is 9.59 Å². The summed E-state index contributed by atoms with van der Waals surface area (Å²) in [7, 11) is 1.57. The van der Waals surface area contributed by atoms with Crippen molar-refractivity contribution in [3.8, 4) is 5.75 Å². The van der Waals surface area contributed by atoms with E-state index in [1.165, 1.54) is 18.2 Å². The van der Waals surface area contributed by atoms with Crippen LogP contribution in [0.2, 0.25) is 5.02 Å². The Hall–Kier alpha value is -3.16. The zero-order valence-electron chi connectivity index (χ0n) is 15.6. The number of ether oxygens (including phenoxy) is 2. The number of esters is 1. The van der Waals surface area contributed by atoms with Gasteiger partial charge >= 0.3 is 11.6 Å². The van der Waals surface area contributed by atoms with Crippen LogP contribution in [0.1, 0.15) is 27.1 Å². The first-order valence-electron chi connectivity index (χ1n) is 8.81. The summed E-state index contributed by atoms with van der Waals surface area (Å²) < 4.78 is 15.5. The number of benzene rings is 2. The van der Waals surface area contributed by atoms with E-state index in [1.54, 1.807) is 37.4 Å². The number of hydrogen-bond acceptors (Lipinski definition) is 6. The molecule has 0 saturated carbocycles. The number of nitrogens with one attached hydrogen (secondary N) is 1. The van der Waals surface area contributed by atoms with Crippen LogP contribution in [0.15, 0.2) is 57.7 Å². The monoisotopic (exact) mass is 415 g/mol. The molecular formula is C21H18ClNO6. The summed E-state index contributed by atoms with van der Waals surface area (Å²) in [4.78, 5) is 36.6. The summed E-state index contributed by atoms with van der Waals surface area (Å²) in [5.41, 5.74) is -0.473. The molecule has 0 unspecified atom stereocenters. The first-order chi connectivity index (χ1) is 14.0. The molecule has 0 aliphatic carbocycles. The highest BCUT2D eigenvalue weighted by atomic mass is 35.5. The van der Waals surface area contributed by atoms with Gasteiger partial charge in [-0.15, -0.1) is 0 Å². The van der Waals surface area contributed by atoms with E-state index in [0.717, 1.165) is 0 Å². The van der Waals surface area contributed by atoms with Crippen LogP contribution >= 0.6 is 11.6 Å². The summed E-state index contributed by atoms with van der Waals surface area (Å²) in [5, 5.41) is 3.43. The van der Waals surface area contributed by atoms with E-state index >= 15 is 0 Å². The average molecular weight is 416 g/mol. The van der Waals surface area contributed by atoms with Gasteiger partial charge in [0.1, 0.15) is 16.9 Å². The number of carbonyl (C=O) groups is 2. The quantitative estimate of drug-likeness (QED) is 0.275. The molecule has 1 heterocycles. The minimum Gasteiger partial charge on any atom is -0.423 e. The minimum absolute atomic E-state index is 0.101. The van der Waals surface area contributed by atoms with Crippen molar-refractivity contribution in [1.82, 2.24) is 5.32 Å². The molecule has 7 nitrogen and oxygen atoms in total. The van der Waals surface area contributed by atoms with Gasteiger partial charge < -0.3 is 19.2 Å². The lowest BCUT2D eigenvalue weighted by molar-refractivity contribution is 0.0735. The molecule has 0 bridgehead atoms. The minimum atomic E-state index is -0.781. The Bertz CT molecular complexity index is 1110. The van der Waals surface area contributed by atoms with Crippen LogP contribution < -0.4 is 15.7 Å². The molecule has 0 saturated heterocycles. The fourth-order valence-electron chi connectivity index (χ4n) is 2.62. The second-order valence-corrected chi connectivity index (χ2v) is 6.53. The van der Waals surface area contributed by atoms with Crippen LogP contribution in [0.25, 0.3) is 11.0 Å². The number of methoxy groups -OCH3 is 1. The number of hydrogen-bond donors (Lipinski definition) is 1. The van der Waals surface area contributed by atoms with Crippen molar-refractivity contribution < 1.29 is 23.5 Å². The van der Waals surface area contributed by atoms with Gasteiger partial charge in [-0.3, -0.25) is 4.79 Å². The number of fused-ring (bicyclic) bond motifs is 1. The molecule has 0 radical (unpaired) electrons. The number of rotatable bonds is 7. The zero-order chi connectivity index (χ0) is 20.8. The zero-order valence-corrected chi connectivity index (χ0v) is 16.3. The highest BCUT2D eigenvalue weighted by Crippen LogP contribution is 2.23. The molecule has 0 aliphatic rings. The topological polar surface area (TPSA) is 94.8 Å². The van der Waals surface area contributed by atoms with Gasteiger partial charge in [0.25, 0.3) is 5.91 Å². The second-order valence-electron chi connectivity index (χ2n) is 6.12. The largest absolute Gasteiger partial charge is 0.423 e. The van der Waals surface area contributed by atoms with Crippen molar-refractivity contribution in [1.29, 1.82) is 0 Å². The first-order valence-corrected chi connectivity index (χ1v) is 9.19. The highest BCUT2D eigenvalue weighted by Gasteiger charge is 2.16. The van der Waals surface area contributed by atoms with E-state index in [-0.39, 0.29) is 27.5 Å². The molecule has 1 N–H and O–H groups in total. The van der Waals surface area contributed by atoms with E-state index in [0.29, 0.717) is 25.0 Å². The van der Waals surface area contributed by atoms with Crippen molar-refractivity contribution in [3.05, 3.63) is 75.1 Å². The van der Waals surface area contributed by atoms with Crippen LogP contribution in [0.4, 0.5) is 0 Å². The maximum Gasteiger partial charge on any atom is 0.349 e. The Balaban J connectivity index is 1.79. The third-order valence-electron chi connectivity index (χ3n) is 4.07. The van der Waals surface area contributed by atoms with Crippen LogP contribution in [0.5, 0.6) is 5.75 Å². The maximum atomic E-state index is 12.3. The fraction of sp³-hybridized carbons (Fsp3) is 0.190. The van der Waals surface area contributed by atoms with Crippen molar-refractivity contribution in [2.24, 2.45) is 0 Å². The predicted molar refractivity (Wildman–Crippen MR) is 108 cm³/mol. The number of amides is 1. The molecule has 3 aromatic rings. The van der Waals surface area contributed by atoms with E-state index in [4.69, 9.17) is 25.5 Å². The third-order valence-corrected chi connectivity index (χ3v) is 4.40. The Morgan fingerprint density at radius 1 is 1.10 bits per heavy atom. The predicted octanol–water partition coefficient (Wildman–Crippen LogP) is 3.43. The molecule has 8 heteroatoms. The van der Waals surface area contributed by atoms with Gasteiger partial charge in [-0.2, -0.15) is 0 Å². The lowest BCUT2D eigenvalue weighted by Gasteiger charge is -2.07. The van der Waals surface area contributed by atoms with Crippen molar-refractivity contribution in [3.63, 3.8) is 0 Å². The molecule has 29 heavy (non-hydrogen) atoms. The third kappa shape index (κ3) is 5.01. The maximum absolute atomic E-state index is 12.3. The molecular weight excluding hydrogens is 398 g/mol. The van der Waals surface area contributed by atoms with Crippen molar-refractivity contribution in [2.45, 2.75) is 6.42 Å². The highest BCUT2D eigenvalue weighted by molar-refractivity contribution is 6.33. The molecule has 2 aromatic carbocycles. The Morgan fingerprint density at radius 2 is 1.90 bits per heavy atom. The number of carbonyl (C=O) groups excluding carboxylic acids is 2. The molecule has 0 atom stereocenters. The molecule has 3 rings (SSSR count). The molecule has 1 amide bonds. The van der Waals surface area contributed by atoms with Gasteiger partial charge in [0.15, 0.2) is 0 Å². The molecule has 0 aliphatic heterocycles. The standard InChI is InChI=1S/C21H18ClNO6/c1-27-10-4-9-23-19(24)16-11-13-7-8-14(12-18(13)29-21(16)26)28-20(25)15-5-2-3-6-17(15)22/h2-3,5-8,11-12H,4,9-10H2,1H3,(H,23,24). The summed E-state index contributed by atoms with van der Waals surface area (Å²) in [6.07, 6.45) is 0.626. The van der Waals surface area contributed by atoms with Gasteiger partial charge in [-0.05, 0) is 36.8 Å². The lowest BCUT2D eigenvalue weighted by Crippen LogP contribution is -2.29. The van der Waals surface area contributed by atoms with Crippen LogP contribution in [-0.4, -0.2) is 32.1 Å². The average Bonchev–Trinajstić information content (AvgIpc) is 2.70. The van der Waals surface area contributed by atoms with E-state index in [9.17, 15) is 14.4 Å². The summed E-state index contributed by atoms with van der Waals surface area (Å²) in [6.45, 7) is 0.878. The summed E-state index contributed by atoms with van der Waals surface area (Å²) in [6, 6.07) is 12.5. The van der Waals surface area contributed by atoms with Crippen LogP contribution in [0, 0.1) is 0 Å². The lowest BCUT2D eigenvalue weighted by atomic mass is 10.1. The fourth-order valence-corrected chi connectivity index (χ4v) is 2.83. The van der Waals surface area contributed by atoms with E-state index < -0.39 is 17.5 Å². The Morgan fingerprint density at radius 3 is 2.66 bits per heavy atom. The van der Waals surface area contributed by atoms with Gasteiger partial charge in [0.05, 0.1) is 10.6 Å². The van der Waals surface area contributed by atoms with Crippen molar-refractivity contribution >= 4 is 34.4 Å². The SMILES string of the molecule is COCCCNC(=O)c1cc2ccc(OC(=O)c3ccccc3Cl)cc2oc1=O. The van der Waals surface area contributed by atoms with Crippen LogP contribution in [-0.2, 0) is 4.74 Å². The molecule has 0 fully saturated rings. The summed E-state index contributed by atoms with van der Waals surface area (Å²) in [5.74, 6) is -0.974. The van der Waals surface area contributed by atoms with Gasteiger partial charge in [0.2, 0.25) is 0 Å². The van der Waals surface area contributed by atoms with E-state index in [1.807, 2.05) is 0 Å². The van der Waals surface area contributed by atoms with Crippen LogP contribution in [0.3, 0.4) is 0 Å². The Kier molecular flexibility index (Phi) is 6.64. The summed E-state index contributed by atoms with van der Waals surface area (Å²) >= 11 is 6.00. The second kappa shape index (κ2) is 9.36. The molecule has 1 aromatic heterocycles. The number of halogens is 1. The normalized spacial score (nSPS) is 10.7. The molecule has 0 spiro atoms. The van der Waals surface area contributed by atoms with Gasteiger partial charge in [0, 0.05) is 31.7 Å². The van der Waals surface area contributed by atoms with Crippen molar-refractivity contribution in [2.75, 3.05) is 20.3 Å². The first kappa shape index (κ1) is 20.6. The molecule has 150 valence electrons.